The Kier molecular flexibility index (Phi) is 16.7. The zero-order chi connectivity index (χ0) is 40.3. The topological polar surface area (TPSA) is 94.6 Å². The van der Waals surface area contributed by atoms with E-state index in [1.165, 1.54) is 25.7 Å². The van der Waals surface area contributed by atoms with Crippen LogP contribution in [0.25, 0.3) is 10.8 Å². The van der Waals surface area contributed by atoms with Crippen LogP contribution in [0.3, 0.4) is 0 Å². The van der Waals surface area contributed by atoms with Crippen LogP contribution < -0.4 is 4.74 Å². The number of nitrogens with zero attached hydrogens (tertiary/aromatic N) is 2. The van der Waals surface area contributed by atoms with Gasteiger partial charge in [0.05, 0.1) is 26.1 Å². The summed E-state index contributed by atoms with van der Waals surface area (Å²) in [5.74, 6) is -0.371. The molecule has 1 atom stereocenters. The van der Waals surface area contributed by atoms with Crippen molar-refractivity contribution in [1.82, 2.24) is 9.80 Å². The molecule has 2 fully saturated rings. The normalized spacial score (nSPS) is 17.9. The van der Waals surface area contributed by atoms with Crippen LogP contribution in [0.15, 0.2) is 36.4 Å². The molecule has 0 saturated heterocycles. The first-order valence-electron chi connectivity index (χ1n) is 20.4. The van der Waals surface area contributed by atoms with Crippen molar-refractivity contribution in [3.8, 4) is 5.75 Å². The van der Waals surface area contributed by atoms with Crippen LogP contribution >= 0.6 is 21.6 Å². The molecule has 0 spiro atoms. The van der Waals surface area contributed by atoms with E-state index in [-0.39, 0.29) is 40.6 Å². The molecule has 4 rings (SSSR count). The minimum atomic E-state index is -0.597. The lowest BCUT2D eigenvalue weighted by atomic mass is 9.87. The van der Waals surface area contributed by atoms with E-state index < -0.39 is 17.1 Å². The molecule has 2 aromatic rings. The van der Waals surface area contributed by atoms with Gasteiger partial charge in [-0.05, 0) is 109 Å². The van der Waals surface area contributed by atoms with Crippen molar-refractivity contribution >= 4 is 50.3 Å². The van der Waals surface area contributed by atoms with Crippen molar-refractivity contribution in [2.75, 3.05) is 53.0 Å². The summed E-state index contributed by atoms with van der Waals surface area (Å²) in [4.78, 5) is 44.0. The zero-order valence-electron chi connectivity index (χ0n) is 35.1. The van der Waals surface area contributed by atoms with Gasteiger partial charge in [-0.1, -0.05) is 91.3 Å². The summed E-state index contributed by atoms with van der Waals surface area (Å²) in [6.07, 6.45) is 11.5. The van der Waals surface area contributed by atoms with Gasteiger partial charge in [0.2, 0.25) is 0 Å². The maximum Gasteiger partial charge on any atom is 0.320 e. The van der Waals surface area contributed by atoms with E-state index in [1.807, 2.05) is 106 Å². The van der Waals surface area contributed by atoms with Gasteiger partial charge in [-0.15, -0.1) is 0 Å². The summed E-state index contributed by atoms with van der Waals surface area (Å²) in [6.45, 7) is 18.8. The summed E-state index contributed by atoms with van der Waals surface area (Å²) in [7, 11) is 5.69. The summed E-state index contributed by atoms with van der Waals surface area (Å²) in [5.41, 5.74) is -0.210. The Bertz CT molecular complexity index is 1560. The Morgan fingerprint density at radius 3 is 1.73 bits per heavy atom. The molecule has 9 nitrogen and oxygen atoms in total. The van der Waals surface area contributed by atoms with Crippen molar-refractivity contribution in [2.45, 2.75) is 146 Å². The van der Waals surface area contributed by atoms with E-state index in [0.29, 0.717) is 19.6 Å². The second kappa shape index (κ2) is 20.3. The van der Waals surface area contributed by atoms with Crippen molar-refractivity contribution in [2.24, 2.45) is 0 Å². The highest BCUT2D eigenvalue weighted by Gasteiger charge is 2.42. The zero-order valence-corrected chi connectivity index (χ0v) is 36.8. The predicted molar refractivity (Wildman–Crippen MR) is 227 cm³/mol. The molecule has 0 aromatic heterocycles. The lowest BCUT2D eigenvalue weighted by Crippen LogP contribution is -2.47. The third-order valence-electron chi connectivity index (χ3n) is 10.5. The molecule has 2 saturated carbocycles. The summed E-state index contributed by atoms with van der Waals surface area (Å²) in [6, 6.07) is 11.9. The van der Waals surface area contributed by atoms with Crippen LogP contribution in [0.2, 0.25) is 0 Å². The smallest absolute Gasteiger partial charge is 0.320 e. The average molecular weight is 801 g/mol. The summed E-state index contributed by atoms with van der Waals surface area (Å²) in [5, 5.41) is 2.09. The number of ether oxygens (including phenoxy) is 4. The van der Waals surface area contributed by atoms with Crippen LogP contribution in [0.1, 0.15) is 131 Å². The Morgan fingerprint density at radius 2 is 1.22 bits per heavy atom. The molecular formula is C44H68N2O7S2. The quantitative estimate of drug-likeness (QED) is 0.0820. The minimum absolute atomic E-state index is 0.0296. The fourth-order valence-electron chi connectivity index (χ4n) is 7.70. The number of likely N-dealkylation sites (N-methyl/N-ethyl adjacent to an activating group) is 1. The molecule has 2 aliphatic carbocycles. The van der Waals surface area contributed by atoms with Gasteiger partial charge in [-0.2, -0.15) is 0 Å². The number of carbonyl (C=O) groups excluding carboxylic acids is 3. The molecule has 55 heavy (non-hydrogen) atoms. The molecule has 308 valence electrons. The third-order valence-corrected chi connectivity index (χ3v) is 14.8. The van der Waals surface area contributed by atoms with Crippen molar-refractivity contribution in [3.05, 3.63) is 42.0 Å². The number of hydrogen-bond acceptors (Lipinski definition) is 11. The Hall–Kier alpha value is -2.47. The number of benzene rings is 2. The SMILES string of the molecule is CCN(CC(=O)OC(C)(C)C)CC1(SSC2(CN(CCOC(=O)[C@@H](C)c3ccc4cc(OC)ccc4c3)CC(=O)OC(C)(C)C)CCCCC2)CCCCC1. The number of carbonyl (C=O) groups is 3. The summed E-state index contributed by atoms with van der Waals surface area (Å²) >= 11 is 0. The highest BCUT2D eigenvalue weighted by atomic mass is 33.1. The second-order valence-electron chi connectivity index (χ2n) is 17.7. The van der Waals surface area contributed by atoms with Crippen LogP contribution in [0.4, 0.5) is 0 Å². The first-order chi connectivity index (χ1) is 25.9. The minimum Gasteiger partial charge on any atom is -0.497 e. The monoisotopic (exact) mass is 800 g/mol. The molecule has 0 bridgehead atoms. The highest BCUT2D eigenvalue weighted by Crippen LogP contribution is 2.54. The maximum atomic E-state index is 13.4. The molecule has 0 heterocycles. The van der Waals surface area contributed by atoms with E-state index >= 15 is 0 Å². The van der Waals surface area contributed by atoms with Gasteiger partial charge in [-0.25, -0.2) is 0 Å². The van der Waals surface area contributed by atoms with Crippen LogP contribution in [-0.4, -0.2) is 101 Å². The number of rotatable bonds is 18. The van der Waals surface area contributed by atoms with Gasteiger partial charge in [-0.3, -0.25) is 24.2 Å². The van der Waals surface area contributed by atoms with Gasteiger partial charge in [0.1, 0.15) is 23.6 Å². The molecule has 0 N–H and O–H groups in total. The maximum absolute atomic E-state index is 13.4. The fourth-order valence-corrected chi connectivity index (χ4v) is 11.8. The summed E-state index contributed by atoms with van der Waals surface area (Å²) < 4.78 is 22.8. The Balaban J connectivity index is 1.47. The highest BCUT2D eigenvalue weighted by molar-refractivity contribution is 8.77. The first kappa shape index (κ1) is 45.2. The van der Waals surface area contributed by atoms with E-state index in [1.54, 1.807) is 7.11 Å². The number of hydrogen-bond donors (Lipinski definition) is 0. The fraction of sp³-hybridized carbons (Fsp3) is 0.705. The van der Waals surface area contributed by atoms with Crippen LogP contribution in [-0.2, 0) is 28.6 Å². The third kappa shape index (κ3) is 14.8. The average Bonchev–Trinajstić information content (AvgIpc) is 3.12. The molecule has 2 aliphatic rings. The van der Waals surface area contributed by atoms with Crippen LogP contribution in [0, 0.1) is 0 Å². The van der Waals surface area contributed by atoms with E-state index in [0.717, 1.165) is 73.7 Å². The van der Waals surface area contributed by atoms with Gasteiger partial charge in [0.25, 0.3) is 0 Å². The van der Waals surface area contributed by atoms with Gasteiger partial charge in [0, 0.05) is 29.1 Å². The van der Waals surface area contributed by atoms with E-state index in [9.17, 15) is 14.4 Å². The standard InChI is InChI=1S/C44H68N2O7S2/c1-10-45(29-38(47)52-41(3,4)5)31-43(21-13-11-14-22-43)54-55-44(23-15-12-16-24-44)32-46(30-39(48)53-42(6,7)8)25-26-51-40(49)33(2)34-17-18-36-28-37(50-9)20-19-35(36)27-34/h17-20,27-28,33H,10-16,21-26,29-32H2,1-9H3/t33-/m0/s1. The molecular weight excluding hydrogens is 733 g/mol. The lowest BCUT2D eigenvalue weighted by molar-refractivity contribution is -0.157. The second-order valence-corrected chi connectivity index (χ2v) is 20.8. The molecule has 0 amide bonds. The molecule has 0 unspecified atom stereocenters. The number of esters is 3. The molecule has 11 heteroatoms. The number of fused-ring (bicyclic) bond motifs is 1. The van der Waals surface area contributed by atoms with Crippen molar-refractivity contribution < 1.29 is 33.3 Å². The van der Waals surface area contributed by atoms with Gasteiger partial charge in [0.15, 0.2) is 0 Å². The van der Waals surface area contributed by atoms with Crippen molar-refractivity contribution in [3.63, 3.8) is 0 Å². The Labute approximate surface area is 339 Å². The predicted octanol–water partition coefficient (Wildman–Crippen LogP) is 9.59. The van der Waals surface area contributed by atoms with Gasteiger partial charge >= 0.3 is 17.9 Å². The lowest BCUT2D eigenvalue weighted by Gasteiger charge is -2.45. The van der Waals surface area contributed by atoms with E-state index in [4.69, 9.17) is 18.9 Å². The van der Waals surface area contributed by atoms with Gasteiger partial charge < -0.3 is 18.9 Å². The molecule has 0 aliphatic heterocycles. The molecule has 2 aromatic carbocycles. The first-order valence-corrected chi connectivity index (χ1v) is 22.6. The Morgan fingerprint density at radius 1 is 0.727 bits per heavy atom. The largest absolute Gasteiger partial charge is 0.497 e. The molecule has 0 radical (unpaired) electrons. The van der Waals surface area contributed by atoms with Crippen LogP contribution in [0.5, 0.6) is 5.75 Å². The van der Waals surface area contributed by atoms with Crippen molar-refractivity contribution in [1.29, 1.82) is 0 Å². The number of methoxy groups -OCH3 is 1. The van der Waals surface area contributed by atoms with E-state index in [2.05, 4.69) is 16.7 Å².